The number of carboxylic acids is 1. The highest BCUT2D eigenvalue weighted by Gasteiger charge is 2.21. The molecule has 0 spiro atoms. The molecule has 6 nitrogen and oxygen atoms in total. The molecule has 1 fully saturated rings. The molecule has 2 amide bonds. The molecule has 1 aliphatic carbocycles. The van der Waals surface area contributed by atoms with Gasteiger partial charge in [-0.15, -0.1) is 11.8 Å². The Labute approximate surface area is 186 Å². The summed E-state index contributed by atoms with van der Waals surface area (Å²) in [5.41, 5.74) is 2.15. The SMILES string of the molecule is Cc1ccc(C(=O)O)cc1NC(=O)C(C)Sc1cccc(NC(=O)C2CCCCC2)c1. The summed E-state index contributed by atoms with van der Waals surface area (Å²) in [7, 11) is 0. The van der Waals surface area contributed by atoms with E-state index in [2.05, 4.69) is 10.6 Å². The highest BCUT2D eigenvalue weighted by Crippen LogP contribution is 2.29. The normalized spacial score (nSPS) is 15.2. The van der Waals surface area contributed by atoms with Gasteiger partial charge in [-0.1, -0.05) is 31.4 Å². The zero-order chi connectivity index (χ0) is 22.4. The van der Waals surface area contributed by atoms with E-state index in [0.29, 0.717) is 5.69 Å². The first-order valence-electron chi connectivity index (χ1n) is 10.6. The molecule has 1 unspecified atom stereocenters. The lowest BCUT2D eigenvalue weighted by atomic mass is 9.88. The minimum Gasteiger partial charge on any atom is -0.478 e. The van der Waals surface area contributed by atoms with Crippen molar-refractivity contribution >= 4 is 40.9 Å². The smallest absolute Gasteiger partial charge is 0.335 e. The standard InChI is InChI=1S/C24H28N2O4S/c1-15-11-12-18(24(29)30)13-21(15)26-22(27)16(2)31-20-10-6-9-19(14-20)25-23(28)17-7-4-3-5-8-17/h6,9-14,16-17H,3-5,7-8H2,1-2H3,(H,25,28)(H,26,27)(H,29,30). The number of carbonyl (C=O) groups is 3. The average Bonchev–Trinajstić information content (AvgIpc) is 2.75. The zero-order valence-electron chi connectivity index (χ0n) is 17.8. The molecule has 2 aromatic carbocycles. The number of aromatic carboxylic acids is 1. The minimum atomic E-state index is -1.04. The predicted molar refractivity (Wildman–Crippen MR) is 124 cm³/mol. The van der Waals surface area contributed by atoms with Gasteiger partial charge in [0.2, 0.25) is 11.8 Å². The summed E-state index contributed by atoms with van der Waals surface area (Å²) in [6.45, 7) is 3.61. The van der Waals surface area contributed by atoms with Gasteiger partial charge in [0, 0.05) is 22.2 Å². The van der Waals surface area contributed by atoms with Crippen molar-refractivity contribution in [2.45, 2.75) is 56.1 Å². The molecule has 2 aromatic rings. The first-order chi connectivity index (χ1) is 14.8. The summed E-state index contributed by atoms with van der Waals surface area (Å²) in [5.74, 6) is -1.10. The van der Waals surface area contributed by atoms with Gasteiger partial charge in [-0.2, -0.15) is 0 Å². The molecule has 0 aliphatic heterocycles. The summed E-state index contributed by atoms with van der Waals surface area (Å²) in [5, 5.41) is 14.6. The third-order valence-electron chi connectivity index (χ3n) is 5.50. The fraction of sp³-hybridized carbons (Fsp3) is 0.375. The number of hydrogen-bond acceptors (Lipinski definition) is 4. The summed E-state index contributed by atoms with van der Waals surface area (Å²) >= 11 is 1.38. The van der Waals surface area contributed by atoms with Crippen LogP contribution in [0.2, 0.25) is 0 Å². The number of thioether (sulfide) groups is 1. The van der Waals surface area contributed by atoms with Crippen LogP contribution in [0.15, 0.2) is 47.4 Å². The molecular weight excluding hydrogens is 412 g/mol. The lowest BCUT2D eigenvalue weighted by molar-refractivity contribution is -0.120. The summed E-state index contributed by atoms with van der Waals surface area (Å²) < 4.78 is 0. The van der Waals surface area contributed by atoms with E-state index in [1.165, 1.54) is 30.3 Å². The van der Waals surface area contributed by atoms with Crippen LogP contribution in [0.4, 0.5) is 11.4 Å². The number of amides is 2. The summed E-state index contributed by atoms with van der Waals surface area (Å²) in [6, 6.07) is 12.2. The van der Waals surface area contributed by atoms with Crippen LogP contribution in [0.3, 0.4) is 0 Å². The number of anilines is 2. The number of hydrogen-bond donors (Lipinski definition) is 3. The first kappa shape index (κ1) is 22.9. The van der Waals surface area contributed by atoms with Gasteiger partial charge in [-0.25, -0.2) is 4.79 Å². The molecule has 0 aromatic heterocycles. The fourth-order valence-corrected chi connectivity index (χ4v) is 4.56. The van der Waals surface area contributed by atoms with Gasteiger partial charge in [0.1, 0.15) is 0 Å². The van der Waals surface area contributed by atoms with Crippen LogP contribution in [-0.2, 0) is 9.59 Å². The van der Waals surface area contributed by atoms with Crippen LogP contribution in [0.5, 0.6) is 0 Å². The number of aryl methyl sites for hydroxylation is 1. The molecule has 3 N–H and O–H groups in total. The third kappa shape index (κ3) is 6.34. The Kier molecular flexibility index (Phi) is 7.74. The molecular formula is C24H28N2O4S. The lowest BCUT2D eigenvalue weighted by Gasteiger charge is -2.21. The lowest BCUT2D eigenvalue weighted by Crippen LogP contribution is -2.24. The highest BCUT2D eigenvalue weighted by atomic mass is 32.2. The topological polar surface area (TPSA) is 95.5 Å². The van der Waals surface area contributed by atoms with E-state index in [1.807, 2.05) is 31.2 Å². The second-order valence-electron chi connectivity index (χ2n) is 7.94. The molecule has 0 saturated heterocycles. The Morgan fingerprint density at radius 3 is 2.48 bits per heavy atom. The van der Waals surface area contributed by atoms with E-state index in [0.717, 1.165) is 41.8 Å². The summed E-state index contributed by atoms with van der Waals surface area (Å²) in [6.07, 6.45) is 5.31. The van der Waals surface area contributed by atoms with Gasteiger partial charge in [-0.3, -0.25) is 9.59 Å². The predicted octanol–water partition coefficient (Wildman–Crippen LogP) is 5.33. The van der Waals surface area contributed by atoms with Gasteiger partial charge >= 0.3 is 5.97 Å². The maximum atomic E-state index is 12.7. The van der Waals surface area contributed by atoms with E-state index in [4.69, 9.17) is 5.11 Å². The second kappa shape index (κ2) is 10.5. The molecule has 1 atom stereocenters. The van der Waals surface area contributed by atoms with Crippen molar-refractivity contribution in [1.82, 2.24) is 0 Å². The van der Waals surface area contributed by atoms with E-state index in [-0.39, 0.29) is 23.3 Å². The molecule has 3 rings (SSSR count). The number of rotatable bonds is 7. The molecule has 31 heavy (non-hydrogen) atoms. The number of benzene rings is 2. The van der Waals surface area contributed by atoms with Crippen molar-refractivity contribution < 1.29 is 19.5 Å². The van der Waals surface area contributed by atoms with Crippen LogP contribution < -0.4 is 10.6 Å². The molecule has 1 aliphatic rings. The Balaban J connectivity index is 1.61. The quantitative estimate of drug-likeness (QED) is 0.506. The van der Waals surface area contributed by atoms with Crippen molar-refractivity contribution in [1.29, 1.82) is 0 Å². The molecule has 164 valence electrons. The van der Waals surface area contributed by atoms with Crippen LogP contribution in [-0.4, -0.2) is 28.1 Å². The number of carboxylic acid groups (broad SMARTS) is 1. The second-order valence-corrected chi connectivity index (χ2v) is 9.35. The van der Waals surface area contributed by atoms with Gasteiger partial charge < -0.3 is 15.7 Å². The minimum absolute atomic E-state index is 0.0708. The monoisotopic (exact) mass is 440 g/mol. The fourth-order valence-electron chi connectivity index (χ4n) is 3.64. The molecule has 1 saturated carbocycles. The average molecular weight is 441 g/mol. The van der Waals surface area contributed by atoms with E-state index < -0.39 is 11.2 Å². The number of nitrogens with one attached hydrogen (secondary N) is 2. The maximum absolute atomic E-state index is 12.7. The molecule has 0 bridgehead atoms. The van der Waals surface area contributed by atoms with Gasteiger partial charge in [-0.05, 0) is 62.6 Å². The highest BCUT2D eigenvalue weighted by molar-refractivity contribution is 8.00. The Morgan fingerprint density at radius 2 is 1.77 bits per heavy atom. The van der Waals surface area contributed by atoms with Crippen LogP contribution in [0.1, 0.15) is 54.9 Å². The van der Waals surface area contributed by atoms with E-state index in [1.54, 1.807) is 13.0 Å². The zero-order valence-corrected chi connectivity index (χ0v) is 18.6. The maximum Gasteiger partial charge on any atom is 0.335 e. The van der Waals surface area contributed by atoms with Crippen LogP contribution in [0, 0.1) is 12.8 Å². The Bertz CT molecular complexity index is 970. The van der Waals surface area contributed by atoms with Gasteiger partial charge in [0.15, 0.2) is 0 Å². The van der Waals surface area contributed by atoms with Crippen LogP contribution >= 0.6 is 11.8 Å². The van der Waals surface area contributed by atoms with Crippen molar-refractivity contribution in [3.63, 3.8) is 0 Å². The third-order valence-corrected chi connectivity index (χ3v) is 6.60. The van der Waals surface area contributed by atoms with Crippen LogP contribution in [0.25, 0.3) is 0 Å². The van der Waals surface area contributed by atoms with Crippen molar-refractivity contribution in [2.75, 3.05) is 10.6 Å². The Morgan fingerprint density at radius 1 is 1.03 bits per heavy atom. The van der Waals surface area contributed by atoms with E-state index >= 15 is 0 Å². The number of carbonyl (C=O) groups excluding carboxylic acids is 2. The molecule has 0 radical (unpaired) electrons. The van der Waals surface area contributed by atoms with Gasteiger partial charge in [0.05, 0.1) is 10.8 Å². The van der Waals surface area contributed by atoms with Crippen molar-refractivity contribution in [3.05, 3.63) is 53.6 Å². The molecule has 0 heterocycles. The van der Waals surface area contributed by atoms with E-state index in [9.17, 15) is 14.4 Å². The Hall–Kier alpha value is -2.80. The molecule has 7 heteroatoms. The van der Waals surface area contributed by atoms with Crippen molar-refractivity contribution in [2.24, 2.45) is 5.92 Å². The summed E-state index contributed by atoms with van der Waals surface area (Å²) in [4.78, 5) is 37.2. The first-order valence-corrected chi connectivity index (χ1v) is 11.4. The van der Waals surface area contributed by atoms with Gasteiger partial charge in [0.25, 0.3) is 0 Å². The largest absolute Gasteiger partial charge is 0.478 e. The van der Waals surface area contributed by atoms with Crippen molar-refractivity contribution in [3.8, 4) is 0 Å².